The predicted molar refractivity (Wildman–Crippen MR) is 56.1 cm³/mol. The molecule has 0 amide bonds. The van der Waals surface area contributed by atoms with Crippen LogP contribution in [0.15, 0.2) is 12.3 Å². The molecule has 80 valence electrons. The number of ether oxygens (including phenoxy) is 1. The van der Waals surface area contributed by atoms with Crippen LogP contribution < -0.4 is 5.32 Å². The van der Waals surface area contributed by atoms with Crippen LogP contribution in [0.25, 0.3) is 0 Å². The number of hydrogen-bond donors (Lipinski definition) is 1. The summed E-state index contributed by atoms with van der Waals surface area (Å²) < 4.78 is 7.29. The minimum atomic E-state index is 0.197. The van der Waals surface area contributed by atoms with E-state index in [0.29, 0.717) is 6.61 Å². The van der Waals surface area contributed by atoms with Gasteiger partial charge >= 0.3 is 0 Å². The second-order valence-electron chi connectivity index (χ2n) is 3.33. The van der Waals surface area contributed by atoms with Gasteiger partial charge in [-0.15, -0.1) is 0 Å². The number of aromatic nitrogens is 2. The Hall–Kier alpha value is -0.870. The van der Waals surface area contributed by atoms with Crippen molar-refractivity contribution in [3.8, 4) is 0 Å². The van der Waals surface area contributed by atoms with Gasteiger partial charge in [-0.1, -0.05) is 6.92 Å². The highest BCUT2D eigenvalue weighted by Gasteiger charge is 2.11. The van der Waals surface area contributed by atoms with E-state index in [2.05, 4.69) is 17.3 Å². The maximum absolute atomic E-state index is 5.49. The van der Waals surface area contributed by atoms with Crippen LogP contribution >= 0.6 is 0 Å². The number of rotatable bonds is 6. The number of aryl methyl sites for hydroxylation is 1. The first-order valence-corrected chi connectivity index (χ1v) is 5.02. The van der Waals surface area contributed by atoms with E-state index in [1.165, 1.54) is 0 Å². The van der Waals surface area contributed by atoms with Crippen LogP contribution in [0.2, 0.25) is 0 Å². The number of hydrogen-bond acceptors (Lipinski definition) is 3. The molecule has 1 N–H and O–H groups in total. The van der Waals surface area contributed by atoms with Crippen molar-refractivity contribution in [1.82, 2.24) is 15.1 Å². The SMILES string of the molecule is CCCOCC(NC)c1ccn(C)n1. The summed E-state index contributed by atoms with van der Waals surface area (Å²) in [6.45, 7) is 3.60. The zero-order valence-corrected chi connectivity index (χ0v) is 9.16. The third-order valence-electron chi connectivity index (χ3n) is 2.07. The summed E-state index contributed by atoms with van der Waals surface area (Å²) in [5, 5.41) is 7.52. The molecule has 0 spiro atoms. The molecule has 1 heterocycles. The van der Waals surface area contributed by atoms with Crippen molar-refractivity contribution < 1.29 is 4.74 Å². The highest BCUT2D eigenvalue weighted by Crippen LogP contribution is 2.09. The molecule has 1 rings (SSSR count). The minimum absolute atomic E-state index is 0.197. The van der Waals surface area contributed by atoms with Crippen LogP contribution in [0.4, 0.5) is 0 Å². The zero-order chi connectivity index (χ0) is 10.4. The third kappa shape index (κ3) is 3.12. The van der Waals surface area contributed by atoms with E-state index in [1.807, 2.05) is 26.4 Å². The van der Waals surface area contributed by atoms with Gasteiger partial charge < -0.3 is 10.1 Å². The molecular formula is C10H19N3O. The topological polar surface area (TPSA) is 39.1 Å². The van der Waals surface area contributed by atoms with Crippen LogP contribution in [0.5, 0.6) is 0 Å². The van der Waals surface area contributed by atoms with Crippen LogP contribution in [0.3, 0.4) is 0 Å². The van der Waals surface area contributed by atoms with Crippen molar-refractivity contribution in [3.05, 3.63) is 18.0 Å². The fourth-order valence-corrected chi connectivity index (χ4v) is 1.28. The molecule has 4 heteroatoms. The van der Waals surface area contributed by atoms with Gasteiger partial charge in [0.15, 0.2) is 0 Å². The zero-order valence-electron chi connectivity index (χ0n) is 9.16. The van der Waals surface area contributed by atoms with Crippen LogP contribution in [-0.4, -0.2) is 30.0 Å². The molecule has 1 aromatic rings. The van der Waals surface area contributed by atoms with Gasteiger partial charge in [-0.3, -0.25) is 4.68 Å². The standard InChI is InChI=1S/C10H19N3O/c1-4-7-14-8-10(11-2)9-5-6-13(3)12-9/h5-6,10-11H,4,7-8H2,1-3H3. The van der Waals surface area contributed by atoms with Crippen molar-refractivity contribution in [1.29, 1.82) is 0 Å². The first kappa shape index (κ1) is 11.2. The molecule has 0 aliphatic heterocycles. The van der Waals surface area contributed by atoms with Gasteiger partial charge in [-0.2, -0.15) is 5.10 Å². The van der Waals surface area contributed by atoms with Crippen molar-refractivity contribution in [2.45, 2.75) is 19.4 Å². The molecule has 1 aromatic heterocycles. The Morgan fingerprint density at radius 1 is 1.64 bits per heavy atom. The number of nitrogens with one attached hydrogen (secondary N) is 1. The lowest BCUT2D eigenvalue weighted by Crippen LogP contribution is -2.22. The Morgan fingerprint density at radius 3 is 2.93 bits per heavy atom. The van der Waals surface area contributed by atoms with Gasteiger partial charge in [-0.05, 0) is 19.5 Å². The molecule has 0 aliphatic rings. The van der Waals surface area contributed by atoms with E-state index in [9.17, 15) is 0 Å². The predicted octanol–water partition coefficient (Wildman–Crippen LogP) is 1.11. The molecule has 0 bridgehead atoms. The van der Waals surface area contributed by atoms with Gasteiger partial charge in [0.05, 0.1) is 18.3 Å². The average Bonchev–Trinajstić information content (AvgIpc) is 2.60. The summed E-state index contributed by atoms with van der Waals surface area (Å²) >= 11 is 0. The van der Waals surface area contributed by atoms with Gasteiger partial charge in [0, 0.05) is 19.9 Å². The lowest BCUT2D eigenvalue weighted by molar-refractivity contribution is 0.113. The van der Waals surface area contributed by atoms with E-state index < -0.39 is 0 Å². The largest absolute Gasteiger partial charge is 0.379 e. The fraction of sp³-hybridized carbons (Fsp3) is 0.700. The number of likely N-dealkylation sites (N-methyl/N-ethyl adjacent to an activating group) is 1. The summed E-state index contributed by atoms with van der Waals surface area (Å²) in [5.74, 6) is 0. The Bertz CT molecular complexity index is 260. The van der Waals surface area contributed by atoms with E-state index in [4.69, 9.17) is 4.74 Å². The number of nitrogens with zero attached hydrogens (tertiary/aromatic N) is 2. The van der Waals surface area contributed by atoms with Gasteiger partial charge in [0.1, 0.15) is 0 Å². The van der Waals surface area contributed by atoms with Crippen LogP contribution in [0, 0.1) is 0 Å². The summed E-state index contributed by atoms with van der Waals surface area (Å²) in [5.41, 5.74) is 1.03. The summed E-state index contributed by atoms with van der Waals surface area (Å²) in [6, 6.07) is 2.21. The van der Waals surface area contributed by atoms with Gasteiger partial charge in [0.25, 0.3) is 0 Å². The summed E-state index contributed by atoms with van der Waals surface area (Å²) in [6.07, 6.45) is 3.00. The Labute approximate surface area is 85.3 Å². The molecule has 1 unspecified atom stereocenters. The second-order valence-corrected chi connectivity index (χ2v) is 3.33. The summed E-state index contributed by atoms with van der Waals surface area (Å²) in [4.78, 5) is 0. The molecule has 0 saturated heterocycles. The van der Waals surface area contributed by atoms with Crippen molar-refractivity contribution in [2.24, 2.45) is 7.05 Å². The normalized spacial score (nSPS) is 13.1. The molecule has 4 nitrogen and oxygen atoms in total. The average molecular weight is 197 g/mol. The Kier molecular flexibility index (Phi) is 4.62. The monoisotopic (exact) mass is 197 g/mol. The summed E-state index contributed by atoms with van der Waals surface area (Å²) in [7, 11) is 3.85. The first-order valence-electron chi connectivity index (χ1n) is 5.02. The van der Waals surface area contributed by atoms with Crippen LogP contribution in [0.1, 0.15) is 25.1 Å². The molecule has 1 atom stereocenters. The van der Waals surface area contributed by atoms with Crippen molar-refractivity contribution >= 4 is 0 Å². The van der Waals surface area contributed by atoms with E-state index in [0.717, 1.165) is 18.7 Å². The minimum Gasteiger partial charge on any atom is -0.379 e. The molecule has 14 heavy (non-hydrogen) atoms. The first-order chi connectivity index (χ1) is 6.77. The molecule has 0 saturated carbocycles. The fourth-order valence-electron chi connectivity index (χ4n) is 1.28. The van der Waals surface area contributed by atoms with E-state index in [-0.39, 0.29) is 6.04 Å². The van der Waals surface area contributed by atoms with E-state index >= 15 is 0 Å². The molecule has 0 radical (unpaired) electrons. The van der Waals surface area contributed by atoms with Crippen molar-refractivity contribution in [2.75, 3.05) is 20.3 Å². The van der Waals surface area contributed by atoms with Gasteiger partial charge in [-0.25, -0.2) is 0 Å². The molecule has 0 aliphatic carbocycles. The maximum atomic E-state index is 5.49. The molecule has 0 aromatic carbocycles. The van der Waals surface area contributed by atoms with E-state index in [1.54, 1.807) is 4.68 Å². The molecule has 0 fully saturated rings. The Morgan fingerprint density at radius 2 is 2.43 bits per heavy atom. The lowest BCUT2D eigenvalue weighted by Gasteiger charge is -2.13. The Balaban J connectivity index is 2.45. The second kappa shape index (κ2) is 5.78. The molecular weight excluding hydrogens is 178 g/mol. The lowest BCUT2D eigenvalue weighted by atomic mass is 10.2. The van der Waals surface area contributed by atoms with Gasteiger partial charge in [0.2, 0.25) is 0 Å². The van der Waals surface area contributed by atoms with Crippen LogP contribution in [-0.2, 0) is 11.8 Å². The van der Waals surface area contributed by atoms with Crippen molar-refractivity contribution in [3.63, 3.8) is 0 Å². The third-order valence-corrected chi connectivity index (χ3v) is 2.07. The maximum Gasteiger partial charge on any atom is 0.0817 e. The quantitative estimate of drug-likeness (QED) is 0.694. The highest BCUT2D eigenvalue weighted by molar-refractivity contribution is 5.05. The smallest absolute Gasteiger partial charge is 0.0817 e. The highest BCUT2D eigenvalue weighted by atomic mass is 16.5.